The highest BCUT2D eigenvalue weighted by molar-refractivity contribution is 7.18. The zero-order chi connectivity index (χ0) is 17.9. The van der Waals surface area contributed by atoms with Crippen LogP contribution in [0.1, 0.15) is 42.9 Å². The standard InChI is InChI=1S/C15H17N3O5S/c1-5-23-15(21)11-8(2)10(14(20)22-4)13(24-11)17-12(19)9-6-16-18(3)7-9/h6-7H,5H2,1-4H3,(H,17,19). The number of nitrogens with zero attached hydrogens (tertiary/aromatic N) is 2. The van der Waals surface area contributed by atoms with E-state index < -0.39 is 17.8 Å². The zero-order valence-electron chi connectivity index (χ0n) is 13.7. The molecule has 0 aliphatic carbocycles. The van der Waals surface area contributed by atoms with E-state index >= 15 is 0 Å². The molecule has 2 aromatic rings. The Morgan fingerprint density at radius 1 is 1.33 bits per heavy atom. The lowest BCUT2D eigenvalue weighted by Gasteiger charge is -2.04. The molecule has 0 atom stereocenters. The number of amides is 1. The lowest BCUT2D eigenvalue weighted by atomic mass is 10.1. The normalized spacial score (nSPS) is 10.3. The Morgan fingerprint density at radius 2 is 2.04 bits per heavy atom. The van der Waals surface area contributed by atoms with Gasteiger partial charge in [0.2, 0.25) is 0 Å². The summed E-state index contributed by atoms with van der Waals surface area (Å²) >= 11 is 0.973. The highest BCUT2D eigenvalue weighted by atomic mass is 32.1. The first kappa shape index (κ1) is 17.7. The van der Waals surface area contributed by atoms with Crippen molar-refractivity contribution in [1.29, 1.82) is 0 Å². The monoisotopic (exact) mass is 351 g/mol. The largest absolute Gasteiger partial charge is 0.465 e. The first-order valence-corrected chi connectivity index (χ1v) is 7.89. The van der Waals surface area contributed by atoms with E-state index in [4.69, 9.17) is 9.47 Å². The second-order valence-electron chi connectivity index (χ2n) is 4.83. The van der Waals surface area contributed by atoms with Gasteiger partial charge in [0.15, 0.2) is 0 Å². The Morgan fingerprint density at radius 3 is 2.58 bits per heavy atom. The Balaban J connectivity index is 2.40. The molecule has 128 valence electrons. The number of carbonyl (C=O) groups is 3. The lowest BCUT2D eigenvalue weighted by molar-refractivity contribution is 0.0531. The van der Waals surface area contributed by atoms with Crippen molar-refractivity contribution < 1.29 is 23.9 Å². The number of methoxy groups -OCH3 is 1. The van der Waals surface area contributed by atoms with Gasteiger partial charge in [-0.05, 0) is 19.4 Å². The van der Waals surface area contributed by atoms with Gasteiger partial charge in [-0.2, -0.15) is 5.10 Å². The van der Waals surface area contributed by atoms with Crippen LogP contribution in [0.15, 0.2) is 12.4 Å². The first-order chi connectivity index (χ1) is 11.4. The molecule has 0 bridgehead atoms. The second kappa shape index (κ2) is 7.26. The van der Waals surface area contributed by atoms with Gasteiger partial charge in [-0.25, -0.2) is 9.59 Å². The fourth-order valence-electron chi connectivity index (χ4n) is 2.05. The summed E-state index contributed by atoms with van der Waals surface area (Å²) in [6, 6.07) is 0. The van der Waals surface area contributed by atoms with Gasteiger partial charge < -0.3 is 14.8 Å². The predicted molar refractivity (Wildman–Crippen MR) is 87.5 cm³/mol. The Labute approximate surface area is 142 Å². The van der Waals surface area contributed by atoms with Crippen LogP contribution in [0.4, 0.5) is 5.00 Å². The average molecular weight is 351 g/mol. The molecule has 0 unspecified atom stereocenters. The molecular weight excluding hydrogens is 334 g/mol. The third-order valence-corrected chi connectivity index (χ3v) is 4.38. The van der Waals surface area contributed by atoms with Crippen molar-refractivity contribution in [3.8, 4) is 0 Å². The number of anilines is 1. The van der Waals surface area contributed by atoms with Crippen molar-refractivity contribution in [3.05, 3.63) is 34.0 Å². The number of ether oxygens (including phenoxy) is 2. The highest BCUT2D eigenvalue weighted by Crippen LogP contribution is 2.34. The molecule has 0 fully saturated rings. The number of esters is 2. The van der Waals surface area contributed by atoms with Gasteiger partial charge in [-0.1, -0.05) is 0 Å². The maximum Gasteiger partial charge on any atom is 0.348 e. The number of hydrogen-bond acceptors (Lipinski definition) is 7. The van der Waals surface area contributed by atoms with E-state index in [0.29, 0.717) is 11.1 Å². The van der Waals surface area contributed by atoms with Gasteiger partial charge >= 0.3 is 11.9 Å². The number of hydrogen-bond donors (Lipinski definition) is 1. The molecule has 2 rings (SSSR count). The number of thiophene rings is 1. The van der Waals surface area contributed by atoms with Crippen molar-refractivity contribution in [1.82, 2.24) is 9.78 Å². The van der Waals surface area contributed by atoms with E-state index in [-0.39, 0.29) is 22.0 Å². The van der Waals surface area contributed by atoms with Crippen molar-refractivity contribution in [2.75, 3.05) is 19.0 Å². The van der Waals surface area contributed by atoms with E-state index in [1.807, 2.05) is 0 Å². The van der Waals surface area contributed by atoms with E-state index in [2.05, 4.69) is 10.4 Å². The van der Waals surface area contributed by atoms with Crippen LogP contribution in [-0.4, -0.2) is 41.3 Å². The van der Waals surface area contributed by atoms with E-state index in [1.54, 1.807) is 27.1 Å². The molecule has 1 N–H and O–H groups in total. The molecule has 2 heterocycles. The molecule has 0 aliphatic rings. The van der Waals surface area contributed by atoms with E-state index in [9.17, 15) is 14.4 Å². The van der Waals surface area contributed by atoms with Gasteiger partial charge in [0.1, 0.15) is 9.88 Å². The number of aromatic nitrogens is 2. The van der Waals surface area contributed by atoms with Crippen LogP contribution >= 0.6 is 11.3 Å². The highest BCUT2D eigenvalue weighted by Gasteiger charge is 2.27. The Bertz CT molecular complexity index is 793. The summed E-state index contributed by atoms with van der Waals surface area (Å²) in [5, 5.41) is 6.79. The maximum atomic E-state index is 12.3. The van der Waals surface area contributed by atoms with Crippen molar-refractivity contribution in [3.63, 3.8) is 0 Å². The summed E-state index contributed by atoms with van der Waals surface area (Å²) in [5.41, 5.74) is 0.881. The lowest BCUT2D eigenvalue weighted by Crippen LogP contribution is -2.13. The van der Waals surface area contributed by atoms with Crippen molar-refractivity contribution >= 4 is 34.2 Å². The molecule has 1 amide bonds. The molecule has 24 heavy (non-hydrogen) atoms. The van der Waals surface area contributed by atoms with Crippen LogP contribution < -0.4 is 5.32 Å². The van der Waals surface area contributed by atoms with Crippen LogP contribution in [0, 0.1) is 6.92 Å². The summed E-state index contributed by atoms with van der Waals surface area (Å²) in [6.45, 7) is 3.50. The summed E-state index contributed by atoms with van der Waals surface area (Å²) < 4.78 is 11.2. The molecule has 0 aliphatic heterocycles. The van der Waals surface area contributed by atoms with Crippen LogP contribution in [0.25, 0.3) is 0 Å². The van der Waals surface area contributed by atoms with Gasteiger partial charge in [-0.3, -0.25) is 9.48 Å². The molecular formula is C15H17N3O5S. The third kappa shape index (κ3) is 3.46. The van der Waals surface area contributed by atoms with Gasteiger partial charge in [0.25, 0.3) is 5.91 Å². The topological polar surface area (TPSA) is 99.5 Å². The minimum absolute atomic E-state index is 0.141. The van der Waals surface area contributed by atoms with Crippen LogP contribution in [0.3, 0.4) is 0 Å². The molecule has 8 nitrogen and oxygen atoms in total. The van der Waals surface area contributed by atoms with Gasteiger partial charge in [-0.15, -0.1) is 11.3 Å². The molecule has 0 aromatic carbocycles. The molecule has 0 saturated heterocycles. The number of aryl methyl sites for hydroxylation is 1. The zero-order valence-corrected chi connectivity index (χ0v) is 14.5. The second-order valence-corrected chi connectivity index (χ2v) is 5.85. The Hall–Kier alpha value is -2.68. The number of rotatable bonds is 5. The fraction of sp³-hybridized carbons (Fsp3) is 0.333. The maximum absolute atomic E-state index is 12.3. The quantitative estimate of drug-likeness (QED) is 0.827. The summed E-state index contributed by atoms with van der Waals surface area (Å²) in [5.74, 6) is -1.63. The molecule has 2 aromatic heterocycles. The number of carbonyl (C=O) groups excluding carboxylic acids is 3. The molecule has 0 saturated carbocycles. The first-order valence-electron chi connectivity index (χ1n) is 7.07. The summed E-state index contributed by atoms with van der Waals surface area (Å²) in [6.07, 6.45) is 2.94. The van der Waals surface area contributed by atoms with Gasteiger partial charge in [0.05, 0.1) is 31.0 Å². The average Bonchev–Trinajstić information content (AvgIpc) is 3.11. The van der Waals surface area contributed by atoms with Crippen LogP contribution in [-0.2, 0) is 16.5 Å². The van der Waals surface area contributed by atoms with Gasteiger partial charge in [0, 0.05) is 13.2 Å². The van der Waals surface area contributed by atoms with Crippen LogP contribution in [0.5, 0.6) is 0 Å². The number of nitrogens with one attached hydrogen (secondary N) is 1. The van der Waals surface area contributed by atoms with E-state index in [1.165, 1.54) is 18.0 Å². The predicted octanol–water partition coefficient (Wildman–Crippen LogP) is 2.01. The van der Waals surface area contributed by atoms with Crippen molar-refractivity contribution in [2.24, 2.45) is 7.05 Å². The SMILES string of the molecule is CCOC(=O)c1sc(NC(=O)c2cnn(C)c2)c(C(=O)OC)c1C. The Kier molecular flexibility index (Phi) is 5.35. The fourth-order valence-corrected chi connectivity index (χ4v) is 3.14. The smallest absolute Gasteiger partial charge is 0.348 e. The minimum Gasteiger partial charge on any atom is -0.465 e. The summed E-state index contributed by atoms with van der Waals surface area (Å²) in [7, 11) is 2.92. The summed E-state index contributed by atoms with van der Waals surface area (Å²) in [4.78, 5) is 36.6. The minimum atomic E-state index is -0.638. The van der Waals surface area contributed by atoms with E-state index in [0.717, 1.165) is 11.3 Å². The van der Waals surface area contributed by atoms with Crippen LogP contribution in [0.2, 0.25) is 0 Å². The third-order valence-electron chi connectivity index (χ3n) is 3.19. The molecule has 0 spiro atoms. The van der Waals surface area contributed by atoms with Crippen molar-refractivity contribution in [2.45, 2.75) is 13.8 Å². The molecule has 9 heteroatoms. The molecule has 0 radical (unpaired) electrons.